The Kier molecular flexibility index (Phi) is 5.61. The van der Waals surface area contributed by atoms with E-state index in [0.717, 1.165) is 6.07 Å². The van der Waals surface area contributed by atoms with Crippen LogP contribution in [0.3, 0.4) is 0 Å². The number of anilines is 2. The number of hydrogen-bond donors (Lipinski definition) is 4. The monoisotopic (exact) mass is 297 g/mol. The van der Waals surface area contributed by atoms with Crippen LogP contribution in [-0.4, -0.2) is 42.3 Å². The summed E-state index contributed by atoms with van der Waals surface area (Å²) in [5.74, 6) is -2.52. The van der Waals surface area contributed by atoms with Crippen LogP contribution in [0.4, 0.5) is 15.8 Å². The molecule has 0 bridgehead atoms. The third-order valence-electron chi connectivity index (χ3n) is 2.41. The molecule has 7 N–H and O–H groups in total. The van der Waals surface area contributed by atoms with Crippen LogP contribution in [0.1, 0.15) is 0 Å². The van der Waals surface area contributed by atoms with Gasteiger partial charge in [-0.25, -0.2) is 4.39 Å². The molecule has 0 aromatic heterocycles. The minimum absolute atomic E-state index is 0.112. The van der Waals surface area contributed by atoms with Crippen molar-refractivity contribution in [3.63, 3.8) is 0 Å². The van der Waals surface area contributed by atoms with Crippen molar-refractivity contribution >= 4 is 29.1 Å². The molecule has 9 heteroatoms. The summed E-state index contributed by atoms with van der Waals surface area (Å²) in [6, 6.07) is 3.69. The third-order valence-corrected chi connectivity index (χ3v) is 2.41. The van der Waals surface area contributed by atoms with Crippen molar-refractivity contribution in [3.05, 3.63) is 24.0 Å². The highest BCUT2D eigenvalue weighted by Crippen LogP contribution is 2.16. The highest BCUT2D eigenvalue weighted by Gasteiger charge is 2.15. The quantitative estimate of drug-likeness (QED) is 0.458. The number of hydrogen-bond acceptors (Lipinski definition) is 5. The van der Waals surface area contributed by atoms with E-state index in [0.29, 0.717) is 0 Å². The van der Waals surface area contributed by atoms with Gasteiger partial charge in [0.25, 0.3) is 0 Å². The SMILES string of the molecule is NC(=O)CN(CC(N)=O)CC(=O)Nc1ccc(F)c(N)c1. The van der Waals surface area contributed by atoms with E-state index in [9.17, 15) is 18.8 Å². The maximum Gasteiger partial charge on any atom is 0.238 e. The summed E-state index contributed by atoms with van der Waals surface area (Å²) < 4.78 is 13.0. The van der Waals surface area contributed by atoms with Crippen LogP contribution in [0.15, 0.2) is 18.2 Å². The van der Waals surface area contributed by atoms with Crippen molar-refractivity contribution in [2.24, 2.45) is 11.5 Å². The number of amides is 3. The van der Waals surface area contributed by atoms with Crippen molar-refractivity contribution < 1.29 is 18.8 Å². The van der Waals surface area contributed by atoms with E-state index in [4.69, 9.17) is 17.2 Å². The maximum atomic E-state index is 13.0. The molecule has 0 saturated carbocycles. The highest BCUT2D eigenvalue weighted by molar-refractivity contribution is 5.93. The van der Waals surface area contributed by atoms with Crippen molar-refractivity contribution in [2.45, 2.75) is 0 Å². The molecule has 1 aromatic rings. The number of rotatable bonds is 7. The summed E-state index contributed by atoms with van der Waals surface area (Å²) in [5, 5.41) is 2.46. The fraction of sp³-hybridized carbons (Fsp3) is 0.250. The Balaban J connectivity index is 2.66. The molecule has 1 rings (SSSR count). The summed E-state index contributed by atoms with van der Waals surface area (Å²) in [6.07, 6.45) is 0. The Morgan fingerprint density at radius 1 is 1.10 bits per heavy atom. The third kappa shape index (κ3) is 5.87. The van der Waals surface area contributed by atoms with Gasteiger partial charge in [-0.2, -0.15) is 0 Å². The van der Waals surface area contributed by atoms with Crippen molar-refractivity contribution in [3.8, 4) is 0 Å². The fourth-order valence-corrected chi connectivity index (χ4v) is 1.63. The minimum Gasteiger partial charge on any atom is -0.396 e. The predicted octanol–water partition coefficient (Wildman–Crippen LogP) is -1.38. The highest BCUT2D eigenvalue weighted by atomic mass is 19.1. The van der Waals surface area contributed by atoms with Crippen molar-refractivity contribution in [1.82, 2.24) is 4.90 Å². The van der Waals surface area contributed by atoms with E-state index in [1.807, 2.05) is 0 Å². The molecule has 0 spiro atoms. The van der Waals surface area contributed by atoms with Crippen LogP contribution in [-0.2, 0) is 14.4 Å². The summed E-state index contributed by atoms with van der Waals surface area (Å²) in [6.45, 7) is -0.854. The molecule has 0 aliphatic carbocycles. The van der Waals surface area contributed by atoms with Gasteiger partial charge < -0.3 is 22.5 Å². The van der Waals surface area contributed by atoms with Gasteiger partial charge in [0.05, 0.1) is 25.3 Å². The molecule has 0 heterocycles. The Labute approximate surface area is 120 Å². The number of nitrogens with one attached hydrogen (secondary N) is 1. The molecule has 1 aromatic carbocycles. The average molecular weight is 297 g/mol. The van der Waals surface area contributed by atoms with Crippen LogP contribution in [0, 0.1) is 5.82 Å². The first-order valence-corrected chi connectivity index (χ1v) is 5.91. The molecule has 3 amide bonds. The minimum atomic E-state index is -0.699. The Morgan fingerprint density at radius 3 is 2.14 bits per heavy atom. The Morgan fingerprint density at radius 2 is 1.67 bits per heavy atom. The van der Waals surface area contributed by atoms with Gasteiger partial charge in [0.1, 0.15) is 5.82 Å². The van der Waals surface area contributed by atoms with Crippen molar-refractivity contribution in [1.29, 1.82) is 0 Å². The normalized spacial score (nSPS) is 10.4. The molecule has 0 atom stereocenters. The van der Waals surface area contributed by atoms with Gasteiger partial charge >= 0.3 is 0 Å². The molecule has 114 valence electrons. The zero-order chi connectivity index (χ0) is 16.0. The predicted molar refractivity (Wildman–Crippen MR) is 74.3 cm³/mol. The van der Waals surface area contributed by atoms with E-state index in [-0.39, 0.29) is 31.0 Å². The van der Waals surface area contributed by atoms with Gasteiger partial charge in [0.2, 0.25) is 17.7 Å². The second-order valence-corrected chi connectivity index (χ2v) is 4.36. The zero-order valence-electron chi connectivity index (χ0n) is 11.1. The number of carbonyl (C=O) groups excluding carboxylic acids is 3. The van der Waals surface area contributed by atoms with Crippen LogP contribution in [0.2, 0.25) is 0 Å². The van der Waals surface area contributed by atoms with Crippen molar-refractivity contribution in [2.75, 3.05) is 30.7 Å². The lowest BCUT2D eigenvalue weighted by Crippen LogP contribution is -2.43. The summed E-state index contributed by atoms with van der Waals surface area (Å²) in [4.78, 5) is 34.7. The first-order valence-electron chi connectivity index (χ1n) is 5.91. The van der Waals surface area contributed by atoms with Gasteiger partial charge in [0.15, 0.2) is 0 Å². The number of nitrogens with zero attached hydrogens (tertiary/aromatic N) is 1. The molecule has 0 unspecified atom stereocenters. The molecular formula is C12H16FN5O3. The lowest BCUT2D eigenvalue weighted by molar-refractivity contribution is -0.123. The average Bonchev–Trinajstić information content (AvgIpc) is 2.31. The van der Waals surface area contributed by atoms with Gasteiger partial charge in [0, 0.05) is 5.69 Å². The summed E-state index contributed by atoms with van der Waals surface area (Å²) >= 11 is 0. The number of benzene rings is 1. The number of halogens is 1. The van der Waals surface area contributed by atoms with E-state index in [1.54, 1.807) is 0 Å². The molecule has 0 aliphatic heterocycles. The molecular weight excluding hydrogens is 281 g/mol. The zero-order valence-corrected chi connectivity index (χ0v) is 11.1. The number of primary amides is 2. The van der Waals surface area contributed by atoms with Crippen LogP contribution in [0.25, 0.3) is 0 Å². The number of nitrogen functional groups attached to an aromatic ring is 1. The van der Waals surface area contributed by atoms with Crippen LogP contribution in [0.5, 0.6) is 0 Å². The fourth-order valence-electron chi connectivity index (χ4n) is 1.63. The van der Waals surface area contributed by atoms with E-state index in [2.05, 4.69) is 5.32 Å². The second-order valence-electron chi connectivity index (χ2n) is 4.36. The van der Waals surface area contributed by atoms with Crippen LogP contribution < -0.4 is 22.5 Å². The molecule has 21 heavy (non-hydrogen) atoms. The lowest BCUT2D eigenvalue weighted by Gasteiger charge is -2.18. The molecule has 0 aliphatic rings. The van der Waals surface area contributed by atoms with Gasteiger partial charge in [-0.1, -0.05) is 0 Å². The van der Waals surface area contributed by atoms with Gasteiger partial charge in [-0.15, -0.1) is 0 Å². The van der Waals surface area contributed by atoms with Gasteiger partial charge in [-0.3, -0.25) is 19.3 Å². The summed E-state index contributed by atoms with van der Waals surface area (Å²) in [5.41, 5.74) is 15.6. The van der Waals surface area contributed by atoms with E-state index in [1.165, 1.54) is 17.0 Å². The molecule has 8 nitrogen and oxygen atoms in total. The standard InChI is InChI=1S/C12H16FN5O3/c13-8-2-1-7(3-9(8)14)17-12(21)6-18(4-10(15)19)5-11(16)20/h1-3H,4-6,14H2,(H2,15,19)(H2,16,20)(H,17,21). The first-order chi connectivity index (χ1) is 9.77. The number of carbonyl (C=O) groups is 3. The summed E-state index contributed by atoms with van der Waals surface area (Å²) in [7, 11) is 0. The van der Waals surface area contributed by atoms with E-state index >= 15 is 0 Å². The lowest BCUT2D eigenvalue weighted by atomic mass is 10.2. The number of nitrogens with two attached hydrogens (primary N) is 3. The smallest absolute Gasteiger partial charge is 0.238 e. The largest absolute Gasteiger partial charge is 0.396 e. The molecule has 0 fully saturated rings. The Hall–Kier alpha value is -2.68. The molecule has 0 radical (unpaired) electrons. The topological polar surface area (TPSA) is 145 Å². The van der Waals surface area contributed by atoms with Crippen LogP contribution >= 0.6 is 0 Å². The first kappa shape index (κ1) is 16.4. The second kappa shape index (κ2) is 7.20. The maximum absolute atomic E-state index is 13.0. The van der Waals surface area contributed by atoms with Gasteiger partial charge in [-0.05, 0) is 18.2 Å². The van der Waals surface area contributed by atoms with E-state index < -0.39 is 23.5 Å². The molecule has 0 saturated heterocycles. The Bertz CT molecular complexity index is 548.